The predicted molar refractivity (Wildman–Crippen MR) is 100 cm³/mol. The first-order valence-corrected chi connectivity index (χ1v) is 9.29. The highest BCUT2D eigenvalue weighted by molar-refractivity contribution is 6.32. The Bertz CT molecular complexity index is 673. The molecule has 2 bridgehead atoms. The van der Waals surface area contributed by atoms with Crippen molar-refractivity contribution in [2.75, 3.05) is 14.2 Å². The Hall–Kier alpha value is -1.68. The number of carbonyl (C=O) groups is 1. The second kappa shape index (κ2) is 7.69. The van der Waals surface area contributed by atoms with Crippen LogP contribution in [0.1, 0.15) is 38.2 Å². The van der Waals surface area contributed by atoms with Crippen molar-refractivity contribution in [3.05, 3.63) is 28.8 Å². The zero-order valence-electron chi connectivity index (χ0n) is 15.0. The molecule has 2 saturated carbocycles. The first-order chi connectivity index (χ1) is 12.0. The molecule has 25 heavy (non-hydrogen) atoms. The molecule has 2 aliphatic rings. The maximum absolute atomic E-state index is 12.3. The molecule has 1 amide bonds. The maximum atomic E-state index is 12.3. The van der Waals surface area contributed by atoms with Gasteiger partial charge in [0.25, 0.3) is 0 Å². The van der Waals surface area contributed by atoms with Crippen LogP contribution in [0.5, 0.6) is 11.5 Å². The molecule has 3 rings (SSSR count). The van der Waals surface area contributed by atoms with Crippen molar-refractivity contribution in [1.82, 2.24) is 5.32 Å². The van der Waals surface area contributed by atoms with Crippen molar-refractivity contribution in [3.8, 4) is 11.5 Å². The molecule has 4 unspecified atom stereocenters. The van der Waals surface area contributed by atoms with Crippen LogP contribution in [0.3, 0.4) is 0 Å². The molecule has 0 aromatic heterocycles. The third kappa shape index (κ3) is 3.95. The van der Waals surface area contributed by atoms with Gasteiger partial charge >= 0.3 is 0 Å². The van der Waals surface area contributed by atoms with Gasteiger partial charge in [0.15, 0.2) is 11.5 Å². The second-order valence-corrected chi connectivity index (χ2v) is 7.61. The molecule has 136 valence electrons. The lowest BCUT2D eigenvalue weighted by atomic mass is 9.84. The van der Waals surface area contributed by atoms with Gasteiger partial charge in [0.05, 0.1) is 19.2 Å². The van der Waals surface area contributed by atoms with Gasteiger partial charge < -0.3 is 14.8 Å². The van der Waals surface area contributed by atoms with E-state index < -0.39 is 0 Å². The molecule has 0 radical (unpaired) electrons. The minimum absolute atomic E-state index is 0.0684. The SMILES string of the molecule is COc1cc(/C=C/C(=O)NC(C)C2CC3CCC2C3)cc(Cl)c1OC. The highest BCUT2D eigenvalue weighted by Crippen LogP contribution is 2.49. The Balaban J connectivity index is 1.61. The van der Waals surface area contributed by atoms with E-state index in [0.29, 0.717) is 22.4 Å². The number of methoxy groups -OCH3 is 2. The van der Waals surface area contributed by atoms with E-state index in [0.717, 1.165) is 17.4 Å². The second-order valence-electron chi connectivity index (χ2n) is 7.21. The monoisotopic (exact) mass is 363 g/mol. The summed E-state index contributed by atoms with van der Waals surface area (Å²) >= 11 is 6.20. The Labute approximate surface area is 154 Å². The fourth-order valence-electron chi connectivity index (χ4n) is 4.49. The molecule has 0 spiro atoms. The lowest BCUT2D eigenvalue weighted by Crippen LogP contribution is -2.39. The quantitative estimate of drug-likeness (QED) is 0.766. The molecule has 4 atom stereocenters. The van der Waals surface area contributed by atoms with E-state index in [1.807, 2.05) is 0 Å². The maximum Gasteiger partial charge on any atom is 0.244 e. The fraction of sp³-hybridized carbons (Fsp3) is 0.550. The zero-order valence-corrected chi connectivity index (χ0v) is 15.8. The molecular weight excluding hydrogens is 338 g/mol. The van der Waals surface area contributed by atoms with Gasteiger partial charge in [-0.1, -0.05) is 18.0 Å². The molecule has 1 aromatic carbocycles. The number of fused-ring (bicyclic) bond motifs is 2. The van der Waals surface area contributed by atoms with Crippen molar-refractivity contribution in [2.24, 2.45) is 17.8 Å². The molecule has 0 aliphatic heterocycles. The van der Waals surface area contributed by atoms with Crippen molar-refractivity contribution in [1.29, 1.82) is 0 Å². The van der Waals surface area contributed by atoms with Crippen molar-refractivity contribution < 1.29 is 14.3 Å². The highest BCUT2D eigenvalue weighted by atomic mass is 35.5. The van der Waals surface area contributed by atoms with Gasteiger partial charge in [0, 0.05) is 12.1 Å². The summed E-state index contributed by atoms with van der Waals surface area (Å²) in [5, 5.41) is 3.58. The van der Waals surface area contributed by atoms with Gasteiger partial charge in [0.2, 0.25) is 5.91 Å². The summed E-state index contributed by atoms with van der Waals surface area (Å²) in [6.07, 6.45) is 8.63. The van der Waals surface area contributed by atoms with Crippen LogP contribution in [-0.4, -0.2) is 26.2 Å². The molecule has 1 N–H and O–H groups in total. The highest BCUT2D eigenvalue weighted by Gasteiger charge is 2.41. The first kappa shape index (κ1) is 18.1. The predicted octanol–water partition coefficient (Wildman–Crippen LogP) is 4.31. The number of benzene rings is 1. The minimum atomic E-state index is -0.0684. The van der Waals surface area contributed by atoms with Gasteiger partial charge in [0.1, 0.15) is 0 Å². The molecule has 5 heteroatoms. The molecule has 1 aromatic rings. The number of carbonyl (C=O) groups excluding carboxylic acids is 1. The number of nitrogens with one attached hydrogen (secondary N) is 1. The Morgan fingerprint density at radius 3 is 2.68 bits per heavy atom. The normalized spacial score (nSPS) is 26.0. The van der Waals surface area contributed by atoms with Crippen molar-refractivity contribution in [2.45, 2.75) is 38.6 Å². The number of amides is 1. The summed E-state index contributed by atoms with van der Waals surface area (Å²) in [4.78, 5) is 12.3. The van der Waals surface area contributed by atoms with Crippen LogP contribution in [0.25, 0.3) is 6.08 Å². The van der Waals surface area contributed by atoms with Crippen LogP contribution in [0.2, 0.25) is 5.02 Å². The largest absolute Gasteiger partial charge is 0.493 e. The average Bonchev–Trinajstić information content (AvgIpc) is 3.22. The van der Waals surface area contributed by atoms with E-state index in [9.17, 15) is 4.79 Å². The lowest BCUT2D eigenvalue weighted by Gasteiger charge is -2.28. The Kier molecular flexibility index (Phi) is 5.57. The molecule has 0 heterocycles. The average molecular weight is 364 g/mol. The fourth-order valence-corrected chi connectivity index (χ4v) is 4.79. The van der Waals surface area contributed by atoms with E-state index in [4.69, 9.17) is 21.1 Å². The van der Waals surface area contributed by atoms with Gasteiger partial charge in [-0.05, 0) is 67.7 Å². The summed E-state index contributed by atoms with van der Waals surface area (Å²) < 4.78 is 10.5. The summed E-state index contributed by atoms with van der Waals surface area (Å²) in [7, 11) is 3.11. The van der Waals surface area contributed by atoms with E-state index in [1.165, 1.54) is 25.7 Å². The number of rotatable bonds is 6. The lowest BCUT2D eigenvalue weighted by molar-refractivity contribution is -0.117. The molecule has 4 nitrogen and oxygen atoms in total. The van der Waals surface area contributed by atoms with Crippen LogP contribution in [0, 0.1) is 17.8 Å². The number of ether oxygens (including phenoxy) is 2. The molecule has 2 aliphatic carbocycles. The van der Waals surface area contributed by atoms with Gasteiger partial charge in [-0.3, -0.25) is 4.79 Å². The molecule has 2 fully saturated rings. The Morgan fingerprint density at radius 2 is 2.08 bits per heavy atom. The van der Waals surface area contributed by atoms with Crippen LogP contribution in [0.4, 0.5) is 0 Å². The van der Waals surface area contributed by atoms with E-state index in [2.05, 4.69) is 12.2 Å². The minimum Gasteiger partial charge on any atom is -0.493 e. The number of hydrogen-bond acceptors (Lipinski definition) is 3. The topological polar surface area (TPSA) is 47.6 Å². The smallest absolute Gasteiger partial charge is 0.244 e. The first-order valence-electron chi connectivity index (χ1n) is 8.92. The van der Waals surface area contributed by atoms with E-state index in [-0.39, 0.29) is 11.9 Å². The molecule has 0 saturated heterocycles. The third-order valence-electron chi connectivity index (χ3n) is 5.69. The van der Waals surface area contributed by atoms with Gasteiger partial charge in [-0.25, -0.2) is 0 Å². The van der Waals surface area contributed by atoms with E-state index in [1.54, 1.807) is 38.5 Å². The summed E-state index contributed by atoms with van der Waals surface area (Å²) in [6.45, 7) is 2.13. The van der Waals surface area contributed by atoms with Crippen LogP contribution in [0.15, 0.2) is 18.2 Å². The number of halogens is 1. The standard InChI is InChI=1S/C20H26ClNO3/c1-12(16-9-13-4-6-15(16)8-13)22-19(23)7-5-14-10-17(21)20(25-3)18(11-14)24-2/h5,7,10-13,15-16H,4,6,8-9H2,1-3H3,(H,22,23)/b7-5+. The summed E-state index contributed by atoms with van der Waals surface area (Å²) in [6, 6.07) is 3.78. The van der Waals surface area contributed by atoms with Gasteiger partial charge in [-0.2, -0.15) is 0 Å². The molecular formula is C20H26ClNO3. The van der Waals surface area contributed by atoms with Crippen LogP contribution in [-0.2, 0) is 4.79 Å². The van der Waals surface area contributed by atoms with Crippen molar-refractivity contribution >= 4 is 23.6 Å². The third-order valence-corrected chi connectivity index (χ3v) is 5.97. The number of hydrogen-bond donors (Lipinski definition) is 1. The summed E-state index contributed by atoms with van der Waals surface area (Å²) in [5.74, 6) is 3.29. The zero-order chi connectivity index (χ0) is 18.0. The van der Waals surface area contributed by atoms with Crippen molar-refractivity contribution in [3.63, 3.8) is 0 Å². The van der Waals surface area contributed by atoms with Crippen LogP contribution < -0.4 is 14.8 Å². The summed E-state index contributed by atoms with van der Waals surface area (Å²) in [5.41, 5.74) is 0.797. The van der Waals surface area contributed by atoms with Gasteiger partial charge in [-0.15, -0.1) is 0 Å². The van der Waals surface area contributed by atoms with Crippen LogP contribution >= 0.6 is 11.6 Å². The van der Waals surface area contributed by atoms with E-state index >= 15 is 0 Å². The Morgan fingerprint density at radius 1 is 1.28 bits per heavy atom.